The van der Waals surface area contributed by atoms with Gasteiger partial charge in [-0.1, -0.05) is 26.8 Å². The molecule has 0 saturated heterocycles. The van der Waals surface area contributed by atoms with E-state index in [0.717, 1.165) is 23.4 Å². The van der Waals surface area contributed by atoms with Crippen LogP contribution < -0.4 is 0 Å². The number of Topliss-reactive ketones (excluding diaryl/α,β-unsaturated/α-hetero) is 1. The molecule has 1 aliphatic rings. The zero-order chi connectivity index (χ0) is 19.9. The summed E-state index contributed by atoms with van der Waals surface area (Å²) in [6.45, 7) is 5.34. The summed E-state index contributed by atoms with van der Waals surface area (Å²) in [5.41, 5.74) is 0.375. The van der Waals surface area contributed by atoms with Gasteiger partial charge in [-0.25, -0.2) is 10.0 Å². The summed E-state index contributed by atoms with van der Waals surface area (Å²) in [5.74, 6) is -1.40. The van der Waals surface area contributed by atoms with Gasteiger partial charge in [0.05, 0.1) is 0 Å². The number of allylic oxidation sites excluding steroid dienone is 2. The van der Waals surface area contributed by atoms with Crippen molar-refractivity contribution >= 4 is 17.6 Å². The molecular weight excluding hydrogens is 342 g/mol. The molecule has 0 N–H and O–H groups in total. The number of rotatable bonds is 8. The van der Waals surface area contributed by atoms with E-state index in [4.69, 9.17) is 0 Å². The number of amides is 2. The van der Waals surface area contributed by atoms with Crippen LogP contribution in [0.4, 0.5) is 0 Å². The van der Waals surface area contributed by atoms with E-state index in [1.165, 1.54) is 17.4 Å². The highest BCUT2D eigenvalue weighted by Crippen LogP contribution is 2.23. The van der Waals surface area contributed by atoms with Crippen LogP contribution in [0, 0.1) is 5.41 Å². The van der Waals surface area contributed by atoms with Crippen molar-refractivity contribution in [2.24, 2.45) is 5.41 Å². The third-order valence-corrected chi connectivity index (χ3v) is 4.78. The molecule has 1 aromatic rings. The van der Waals surface area contributed by atoms with Gasteiger partial charge >= 0.3 is 5.91 Å². The molecule has 0 atom stereocenters. The van der Waals surface area contributed by atoms with Crippen molar-refractivity contribution in [2.45, 2.75) is 52.9 Å². The van der Waals surface area contributed by atoms with E-state index < -0.39 is 17.1 Å². The van der Waals surface area contributed by atoms with Gasteiger partial charge in [-0.15, -0.1) is 0 Å². The number of hydrazine groups is 1. The molecule has 1 aliphatic heterocycles. The summed E-state index contributed by atoms with van der Waals surface area (Å²) in [4.78, 5) is 41.8. The highest BCUT2D eigenvalue weighted by atomic mass is 16.2. The van der Waals surface area contributed by atoms with Gasteiger partial charge in [-0.3, -0.25) is 19.4 Å². The predicted octanol–water partition coefficient (Wildman–Crippen LogP) is 3.41. The van der Waals surface area contributed by atoms with E-state index in [1.54, 1.807) is 32.2 Å². The molecule has 6 nitrogen and oxygen atoms in total. The van der Waals surface area contributed by atoms with Crippen molar-refractivity contribution in [1.29, 1.82) is 0 Å². The lowest BCUT2D eigenvalue weighted by Gasteiger charge is -2.32. The van der Waals surface area contributed by atoms with Gasteiger partial charge in [0.2, 0.25) is 11.7 Å². The van der Waals surface area contributed by atoms with E-state index in [0.29, 0.717) is 19.3 Å². The Labute approximate surface area is 160 Å². The molecule has 27 heavy (non-hydrogen) atoms. The van der Waals surface area contributed by atoms with Crippen LogP contribution >= 0.6 is 0 Å². The Kier molecular flexibility index (Phi) is 7.05. The molecule has 0 saturated carbocycles. The normalized spacial score (nSPS) is 13.7. The van der Waals surface area contributed by atoms with Crippen LogP contribution in [0.25, 0.3) is 0 Å². The van der Waals surface area contributed by atoms with Gasteiger partial charge in [0.25, 0.3) is 0 Å². The summed E-state index contributed by atoms with van der Waals surface area (Å²) in [7, 11) is 0. The number of hydrogen-bond donors (Lipinski definition) is 0. The molecule has 1 aromatic heterocycles. The third-order valence-electron chi connectivity index (χ3n) is 4.78. The Morgan fingerprint density at radius 1 is 1.07 bits per heavy atom. The minimum Gasteiger partial charge on any atom is -0.288 e. The second kappa shape index (κ2) is 9.26. The molecule has 0 fully saturated rings. The molecule has 144 valence electrons. The summed E-state index contributed by atoms with van der Waals surface area (Å²) in [6.07, 6.45) is 13.1. The van der Waals surface area contributed by atoms with Crippen molar-refractivity contribution in [3.63, 3.8) is 0 Å². The highest BCUT2D eigenvalue weighted by Gasteiger charge is 2.36. The number of carbonyl (C=O) groups excluding carboxylic acids is 3. The van der Waals surface area contributed by atoms with Crippen LogP contribution in [0.15, 0.2) is 49.1 Å². The quantitative estimate of drug-likeness (QED) is 0.520. The van der Waals surface area contributed by atoms with Crippen LogP contribution in [-0.2, 0) is 20.8 Å². The number of nitrogens with zero attached hydrogens (tertiary/aromatic N) is 3. The Balaban J connectivity index is 1.93. The number of carbonyl (C=O) groups is 3. The summed E-state index contributed by atoms with van der Waals surface area (Å²) in [6, 6.07) is 3.90. The van der Waals surface area contributed by atoms with E-state index in [-0.39, 0.29) is 5.91 Å². The van der Waals surface area contributed by atoms with Gasteiger partial charge in [0, 0.05) is 36.6 Å². The Bertz CT molecular complexity index is 738. The fourth-order valence-electron chi connectivity index (χ4n) is 2.59. The van der Waals surface area contributed by atoms with Crippen LogP contribution in [0.2, 0.25) is 0 Å². The van der Waals surface area contributed by atoms with E-state index in [2.05, 4.69) is 4.98 Å². The van der Waals surface area contributed by atoms with Gasteiger partial charge < -0.3 is 0 Å². The Morgan fingerprint density at radius 2 is 1.78 bits per heavy atom. The third kappa shape index (κ3) is 5.36. The van der Waals surface area contributed by atoms with Crippen LogP contribution in [0.1, 0.15) is 52.0 Å². The smallest absolute Gasteiger partial charge is 0.288 e. The zero-order valence-electron chi connectivity index (χ0n) is 16.2. The first kappa shape index (κ1) is 20.6. The lowest BCUT2D eigenvalue weighted by molar-refractivity contribution is -0.160. The molecule has 0 radical (unpaired) electrons. The van der Waals surface area contributed by atoms with Crippen LogP contribution in [0.5, 0.6) is 0 Å². The molecule has 2 heterocycles. The minimum absolute atomic E-state index is 0.211. The molecule has 2 amide bonds. The fourth-order valence-corrected chi connectivity index (χ4v) is 2.59. The van der Waals surface area contributed by atoms with E-state index in [1.807, 2.05) is 25.3 Å². The summed E-state index contributed by atoms with van der Waals surface area (Å²) in [5, 5.41) is 2.35. The van der Waals surface area contributed by atoms with Crippen LogP contribution in [-0.4, -0.2) is 32.6 Å². The standard InChI is InChI=1S/C21H27N3O3/c1-4-21(2,3)19(26)20(27)24-15-8-7-14-23(24)18(25)12-6-5-10-17-11-9-13-22-16-17/h7-9,11,13-16H,4-6,10,12H2,1-3H3. The van der Waals surface area contributed by atoms with Crippen molar-refractivity contribution in [3.8, 4) is 0 Å². The molecular formula is C21H27N3O3. The predicted molar refractivity (Wildman–Crippen MR) is 103 cm³/mol. The lowest BCUT2D eigenvalue weighted by atomic mass is 9.85. The van der Waals surface area contributed by atoms with Crippen LogP contribution in [0.3, 0.4) is 0 Å². The second-order valence-electron chi connectivity index (χ2n) is 7.21. The molecule has 0 bridgehead atoms. The number of pyridine rings is 1. The van der Waals surface area contributed by atoms with Gasteiger partial charge in [0.1, 0.15) is 0 Å². The SMILES string of the molecule is CCC(C)(C)C(=O)C(=O)N1C=CC=CN1C(=O)CCCCc1cccnc1. The average molecular weight is 369 g/mol. The van der Waals surface area contributed by atoms with Crippen molar-refractivity contribution in [2.75, 3.05) is 0 Å². The van der Waals surface area contributed by atoms with Crippen molar-refractivity contribution in [1.82, 2.24) is 15.0 Å². The van der Waals surface area contributed by atoms with E-state index >= 15 is 0 Å². The average Bonchev–Trinajstić information content (AvgIpc) is 2.70. The second-order valence-corrected chi connectivity index (χ2v) is 7.21. The molecule has 2 rings (SSSR count). The first-order valence-corrected chi connectivity index (χ1v) is 9.30. The first-order chi connectivity index (χ1) is 12.9. The molecule has 0 spiro atoms. The van der Waals surface area contributed by atoms with Gasteiger partial charge in [0.15, 0.2) is 0 Å². The molecule has 6 heteroatoms. The summed E-state index contributed by atoms with van der Waals surface area (Å²) >= 11 is 0. The maximum Gasteiger partial charge on any atom is 0.313 e. The minimum atomic E-state index is -0.759. The first-order valence-electron chi connectivity index (χ1n) is 9.30. The molecule has 0 aromatic carbocycles. The number of aryl methyl sites for hydroxylation is 1. The van der Waals surface area contributed by atoms with Crippen molar-refractivity contribution < 1.29 is 14.4 Å². The van der Waals surface area contributed by atoms with Crippen molar-refractivity contribution in [3.05, 3.63) is 54.6 Å². The van der Waals surface area contributed by atoms with E-state index in [9.17, 15) is 14.4 Å². The maximum absolute atomic E-state index is 12.6. The monoisotopic (exact) mass is 369 g/mol. The topological polar surface area (TPSA) is 70.6 Å². The largest absolute Gasteiger partial charge is 0.313 e. The summed E-state index contributed by atoms with van der Waals surface area (Å²) < 4.78 is 0. The fraction of sp³-hybridized carbons (Fsp3) is 0.429. The van der Waals surface area contributed by atoms with Gasteiger partial charge in [-0.2, -0.15) is 0 Å². The Hall–Kier alpha value is -2.76. The number of unbranched alkanes of at least 4 members (excludes halogenated alkanes) is 1. The maximum atomic E-state index is 12.6. The highest BCUT2D eigenvalue weighted by molar-refractivity contribution is 6.38. The Morgan fingerprint density at radius 3 is 2.41 bits per heavy atom. The number of aromatic nitrogens is 1. The number of hydrogen-bond acceptors (Lipinski definition) is 4. The lowest BCUT2D eigenvalue weighted by Crippen LogP contribution is -2.49. The number of ketones is 1. The zero-order valence-corrected chi connectivity index (χ0v) is 16.2. The molecule has 0 unspecified atom stereocenters. The van der Waals surface area contributed by atoms with Gasteiger partial charge in [-0.05, 0) is 49.5 Å². The molecule has 0 aliphatic carbocycles.